The second kappa shape index (κ2) is 5.88. The summed E-state index contributed by atoms with van der Waals surface area (Å²) in [5, 5.41) is 1.32. The maximum absolute atomic E-state index is 6.02. The fourth-order valence-electron chi connectivity index (χ4n) is 2.99. The van der Waals surface area contributed by atoms with Gasteiger partial charge in [0.1, 0.15) is 12.4 Å². The maximum Gasteiger partial charge on any atom is 0.120 e. The number of nitrogens with zero attached hydrogens (tertiary/aromatic N) is 1. The van der Waals surface area contributed by atoms with Crippen LogP contribution < -0.4 is 4.74 Å². The first-order chi connectivity index (χ1) is 10.6. The zero-order chi connectivity index (χ0) is 15.7. The molecule has 1 heterocycles. The molecule has 114 valence electrons. The molecule has 0 amide bonds. The minimum Gasteiger partial charge on any atom is -0.489 e. The number of fused-ring (bicyclic) bond motifs is 1. The van der Waals surface area contributed by atoms with Gasteiger partial charge in [-0.1, -0.05) is 24.3 Å². The number of hydrogen-bond donors (Lipinski definition) is 0. The van der Waals surface area contributed by atoms with Gasteiger partial charge in [0.15, 0.2) is 0 Å². The van der Waals surface area contributed by atoms with Crippen LogP contribution in [0.25, 0.3) is 10.9 Å². The van der Waals surface area contributed by atoms with E-state index >= 15 is 0 Å². The van der Waals surface area contributed by atoms with Gasteiger partial charge in [0, 0.05) is 28.7 Å². The largest absolute Gasteiger partial charge is 0.489 e. The minimum atomic E-state index is 0.442. The third kappa shape index (κ3) is 2.74. The van der Waals surface area contributed by atoms with Crippen molar-refractivity contribution in [3.05, 3.63) is 65.4 Å². The summed E-state index contributed by atoms with van der Waals surface area (Å²) in [6.07, 6.45) is 2.23. The molecule has 2 nitrogen and oxygen atoms in total. The molecule has 3 aromatic rings. The van der Waals surface area contributed by atoms with Crippen molar-refractivity contribution in [3.63, 3.8) is 0 Å². The highest BCUT2D eigenvalue weighted by atomic mass is 16.5. The molecule has 0 N–H and O–H groups in total. The molecular formula is C20H23NO. The number of hydrogen-bond acceptors (Lipinski definition) is 1. The summed E-state index contributed by atoms with van der Waals surface area (Å²) < 4.78 is 8.35. The first-order valence-electron chi connectivity index (χ1n) is 7.85. The van der Waals surface area contributed by atoms with E-state index in [0.29, 0.717) is 12.6 Å². The Kier molecular flexibility index (Phi) is 3.93. The summed E-state index contributed by atoms with van der Waals surface area (Å²) in [6.45, 7) is 9.29. The maximum atomic E-state index is 6.02. The van der Waals surface area contributed by atoms with E-state index in [0.717, 1.165) is 5.75 Å². The lowest BCUT2D eigenvalue weighted by Gasteiger charge is -2.09. The van der Waals surface area contributed by atoms with Gasteiger partial charge in [0.25, 0.3) is 0 Å². The van der Waals surface area contributed by atoms with Gasteiger partial charge in [-0.15, -0.1) is 0 Å². The topological polar surface area (TPSA) is 14.2 Å². The first kappa shape index (κ1) is 14.7. The Balaban J connectivity index is 1.96. The molecule has 0 spiro atoms. The molecule has 0 aliphatic carbocycles. The van der Waals surface area contributed by atoms with Crippen molar-refractivity contribution in [1.82, 2.24) is 4.57 Å². The lowest BCUT2D eigenvalue weighted by Crippen LogP contribution is -1.98. The molecule has 0 saturated carbocycles. The van der Waals surface area contributed by atoms with Gasteiger partial charge >= 0.3 is 0 Å². The van der Waals surface area contributed by atoms with Crippen molar-refractivity contribution in [1.29, 1.82) is 0 Å². The molecule has 2 heteroatoms. The van der Waals surface area contributed by atoms with Crippen LogP contribution in [0.1, 0.15) is 36.6 Å². The van der Waals surface area contributed by atoms with Gasteiger partial charge in [-0.2, -0.15) is 0 Å². The number of aryl methyl sites for hydroxylation is 2. The van der Waals surface area contributed by atoms with Crippen LogP contribution in [0.2, 0.25) is 0 Å². The molecule has 22 heavy (non-hydrogen) atoms. The van der Waals surface area contributed by atoms with E-state index < -0.39 is 0 Å². The Labute approximate surface area is 132 Å². The molecule has 0 aliphatic rings. The molecule has 0 unspecified atom stereocenters. The Bertz CT molecular complexity index is 799. The minimum absolute atomic E-state index is 0.442. The number of benzene rings is 2. The lowest BCUT2D eigenvalue weighted by atomic mass is 10.1. The van der Waals surface area contributed by atoms with E-state index in [-0.39, 0.29) is 0 Å². The average Bonchev–Trinajstić information content (AvgIpc) is 2.86. The van der Waals surface area contributed by atoms with Crippen molar-refractivity contribution in [2.75, 3.05) is 0 Å². The Morgan fingerprint density at radius 3 is 2.55 bits per heavy atom. The van der Waals surface area contributed by atoms with Crippen LogP contribution >= 0.6 is 0 Å². The third-order valence-corrected chi connectivity index (χ3v) is 4.09. The summed E-state index contributed by atoms with van der Waals surface area (Å²) in [5.41, 5.74) is 5.07. The number of rotatable bonds is 4. The normalized spacial score (nSPS) is 11.3. The van der Waals surface area contributed by atoms with Crippen LogP contribution in [-0.4, -0.2) is 4.57 Å². The fourth-order valence-corrected chi connectivity index (χ4v) is 2.99. The highest BCUT2D eigenvalue weighted by Crippen LogP contribution is 2.28. The van der Waals surface area contributed by atoms with Crippen molar-refractivity contribution in [2.24, 2.45) is 0 Å². The SMILES string of the molecule is Cc1cccc(OCc2cn(C(C)C)c3cccc(C)c23)c1. The number of ether oxygens (including phenoxy) is 1. The highest BCUT2D eigenvalue weighted by Gasteiger charge is 2.12. The lowest BCUT2D eigenvalue weighted by molar-refractivity contribution is 0.307. The van der Waals surface area contributed by atoms with Crippen LogP contribution in [0.3, 0.4) is 0 Å². The Morgan fingerprint density at radius 2 is 1.82 bits per heavy atom. The van der Waals surface area contributed by atoms with Gasteiger partial charge in [0.2, 0.25) is 0 Å². The molecule has 2 aromatic carbocycles. The standard InChI is InChI=1S/C20H23NO/c1-14(2)21-12-17(20-16(4)8-6-10-19(20)21)13-22-18-9-5-7-15(3)11-18/h5-12,14H,13H2,1-4H3. The van der Waals surface area contributed by atoms with Gasteiger partial charge in [-0.3, -0.25) is 0 Å². The molecular weight excluding hydrogens is 270 g/mol. The van der Waals surface area contributed by atoms with E-state index in [1.807, 2.05) is 12.1 Å². The summed E-state index contributed by atoms with van der Waals surface area (Å²) >= 11 is 0. The Morgan fingerprint density at radius 1 is 1.05 bits per heavy atom. The van der Waals surface area contributed by atoms with E-state index in [1.165, 1.54) is 27.6 Å². The molecule has 1 aromatic heterocycles. The van der Waals surface area contributed by atoms with Crippen LogP contribution in [0.5, 0.6) is 5.75 Å². The second-order valence-corrected chi connectivity index (χ2v) is 6.23. The smallest absolute Gasteiger partial charge is 0.120 e. The predicted molar refractivity (Wildman–Crippen MR) is 92.6 cm³/mol. The number of aromatic nitrogens is 1. The highest BCUT2D eigenvalue weighted by molar-refractivity contribution is 5.87. The van der Waals surface area contributed by atoms with E-state index in [2.05, 4.69) is 68.8 Å². The summed E-state index contributed by atoms with van der Waals surface area (Å²) in [7, 11) is 0. The third-order valence-electron chi connectivity index (χ3n) is 4.09. The second-order valence-electron chi connectivity index (χ2n) is 6.23. The van der Waals surface area contributed by atoms with Gasteiger partial charge in [0.05, 0.1) is 0 Å². The van der Waals surface area contributed by atoms with Gasteiger partial charge < -0.3 is 9.30 Å². The van der Waals surface area contributed by atoms with E-state index in [4.69, 9.17) is 4.74 Å². The van der Waals surface area contributed by atoms with Crippen molar-refractivity contribution >= 4 is 10.9 Å². The molecule has 0 fully saturated rings. The zero-order valence-corrected chi connectivity index (χ0v) is 13.8. The van der Waals surface area contributed by atoms with Crippen LogP contribution in [0.4, 0.5) is 0 Å². The quantitative estimate of drug-likeness (QED) is 0.626. The van der Waals surface area contributed by atoms with Crippen molar-refractivity contribution in [2.45, 2.75) is 40.3 Å². The Hall–Kier alpha value is -2.22. The van der Waals surface area contributed by atoms with Gasteiger partial charge in [-0.25, -0.2) is 0 Å². The molecule has 0 saturated heterocycles. The monoisotopic (exact) mass is 293 g/mol. The summed E-state index contributed by atoms with van der Waals surface area (Å²) in [5.74, 6) is 0.930. The summed E-state index contributed by atoms with van der Waals surface area (Å²) in [6, 6.07) is 15.1. The average molecular weight is 293 g/mol. The molecule has 0 bridgehead atoms. The van der Waals surface area contributed by atoms with Crippen molar-refractivity contribution in [3.8, 4) is 5.75 Å². The zero-order valence-electron chi connectivity index (χ0n) is 13.8. The van der Waals surface area contributed by atoms with Crippen molar-refractivity contribution < 1.29 is 4.74 Å². The molecule has 3 rings (SSSR count). The van der Waals surface area contributed by atoms with Gasteiger partial charge in [-0.05, 0) is 57.0 Å². The van der Waals surface area contributed by atoms with Crippen LogP contribution in [0.15, 0.2) is 48.7 Å². The van der Waals surface area contributed by atoms with E-state index in [1.54, 1.807) is 0 Å². The summed E-state index contributed by atoms with van der Waals surface area (Å²) in [4.78, 5) is 0. The molecule has 0 aliphatic heterocycles. The molecule has 0 atom stereocenters. The van der Waals surface area contributed by atoms with Crippen LogP contribution in [0, 0.1) is 13.8 Å². The first-order valence-corrected chi connectivity index (χ1v) is 7.85. The fraction of sp³-hybridized carbons (Fsp3) is 0.300. The van der Waals surface area contributed by atoms with E-state index in [9.17, 15) is 0 Å². The van der Waals surface area contributed by atoms with Crippen LogP contribution in [-0.2, 0) is 6.61 Å². The predicted octanol–water partition coefficient (Wildman–Crippen LogP) is 5.42. The molecule has 0 radical (unpaired) electrons.